The van der Waals surface area contributed by atoms with E-state index in [0.29, 0.717) is 24.7 Å². The van der Waals surface area contributed by atoms with Crippen LogP contribution in [0.2, 0.25) is 0 Å². The van der Waals surface area contributed by atoms with Gasteiger partial charge in [-0.05, 0) is 30.5 Å². The number of rotatable bonds is 6. The van der Waals surface area contributed by atoms with E-state index in [9.17, 15) is 9.50 Å². The molecule has 0 heterocycles. The molecular formula is C15H21FN2OS. The zero-order valence-electron chi connectivity index (χ0n) is 11.5. The van der Waals surface area contributed by atoms with Gasteiger partial charge >= 0.3 is 0 Å². The molecule has 1 fully saturated rings. The molecule has 3 N–H and O–H groups in total. The number of aliphatic hydroxyl groups is 1. The maximum Gasteiger partial charge on any atom is 0.133 e. The number of halogens is 1. The molecule has 1 saturated carbocycles. The number of hydrogen-bond donors (Lipinski definition) is 2. The maximum atomic E-state index is 13.6. The summed E-state index contributed by atoms with van der Waals surface area (Å²) in [7, 11) is 0. The van der Waals surface area contributed by atoms with E-state index in [1.165, 1.54) is 31.7 Å². The van der Waals surface area contributed by atoms with Crippen LogP contribution in [0.4, 0.5) is 4.39 Å². The molecule has 0 aliphatic heterocycles. The largest absolute Gasteiger partial charge is 0.395 e. The Morgan fingerprint density at radius 3 is 2.70 bits per heavy atom. The first-order valence-corrected chi connectivity index (χ1v) is 7.45. The van der Waals surface area contributed by atoms with Crippen LogP contribution in [0.15, 0.2) is 18.2 Å². The predicted octanol–water partition coefficient (Wildman–Crippen LogP) is 2.20. The molecule has 1 aliphatic rings. The van der Waals surface area contributed by atoms with Crippen LogP contribution < -0.4 is 5.73 Å². The summed E-state index contributed by atoms with van der Waals surface area (Å²) in [5, 5.41) is 9.22. The Balaban J connectivity index is 2.13. The highest BCUT2D eigenvalue weighted by molar-refractivity contribution is 7.80. The van der Waals surface area contributed by atoms with Crippen molar-refractivity contribution in [3.05, 3.63) is 35.1 Å². The highest BCUT2D eigenvalue weighted by Crippen LogP contribution is 2.25. The van der Waals surface area contributed by atoms with Gasteiger partial charge in [-0.2, -0.15) is 0 Å². The summed E-state index contributed by atoms with van der Waals surface area (Å²) in [4.78, 5) is 2.35. The van der Waals surface area contributed by atoms with E-state index in [1.54, 1.807) is 12.1 Å². The van der Waals surface area contributed by atoms with Crippen LogP contribution in [0.5, 0.6) is 0 Å². The molecule has 20 heavy (non-hydrogen) atoms. The minimum absolute atomic E-state index is 0.0823. The van der Waals surface area contributed by atoms with Crippen LogP contribution in [0.25, 0.3) is 0 Å². The van der Waals surface area contributed by atoms with Crippen molar-refractivity contribution in [1.29, 1.82) is 0 Å². The average Bonchev–Trinajstić information content (AvgIpc) is 2.94. The van der Waals surface area contributed by atoms with E-state index in [-0.39, 0.29) is 17.4 Å². The van der Waals surface area contributed by atoms with E-state index < -0.39 is 0 Å². The minimum atomic E-state index is -0.379. The highest BCUT2D eigenvalue weighted by Gasteiger charge is 2.22. The monoisotopic (exact) mass is 296 g/mol. The summed E-state index contributed by atoms with van der Waals surface area (Å²) >= 11 is 4.87. The van der Waals surface area contributed by atoms with Gasteiger partial charge < -0.3 is 10.8 Å². The molecule has 1 aromatic rings. The van der Waals surface area contributed by atoms with Crippen molar-refractivity contribution in [3.8, 4) is 0 Å². The Morgan fingerprint density at radius 1 is 1.40 bits per heavy atom. The Morgan fingerprint density at radius 2 is 2.10 bits per heavy atom. The molecule has 0 bridgehead atoms. The van der Waals surface area contributed by atoms with Crippen LogP contribution in [-0.2, 0) is 6.54 Å². The van der Waals surface area contributed by atoms with E-state index in [4.69, 9.17) is 18.0 Å². The van der Waals surface area contributed by atoms with Crippen molar-refractivity contribution in [2.45, 2.75) is 38.3 Å². The fourth-order valence-corrected chi connectivity index (χ4v) is 3.04. The highest BCUT2D eigenvalue weighted by atomic mass is 32.1. The normalized spacial score (nSPS) is 15.9. The first-order chi connectivity index (χ1) is 9.61. The third kappa shape index (κ3) is 3.75. The summed E-state index contributed by atoms with van der Waals surface area (Å²) < 4.78 is 13.6. The third-order valence-corrected chi connectivity index (χ3v) is 4.13. The molecule has 0 radical (unpaired) electrons. The second-order valence-corrected chi connectivity index (χ2v) is 5.75. The van der Waals surface area contributed by atoms with Crippen molar-refractivity contribution in [1.82, 2.24) is 4.90 Å². The first kappa shape index (κ1) is 15.4. The smallest absolute Gasteiger partial charge is 0.133 e. The number of nitrogens with two attached hydrogens (primary N) is 1. The van der Waals surface area contributed by atoms with Crippen LogP contribution in [0.1, 0.15) is 36.8 Å². The van der Waals surface area contributed by atoms with Gasteiger partial charge in [0.1, 0.15) is 10.8 Å². The Kier molecular flexibility index (Phi) is 5.46. The lowest BCUT2D eigenvalue weighted by molar-refractivity contribution is 0.145. The van der Waals surface area contributed by atoms with Gasteiger partial charge in [-0.1, -0.05) is 31.1 Å². The molecule has 1 aliphatic carbocycles. The number of thiocarbonyl (C=S) groups is 1. The van der Waals surface area contributed by atoms with Crippen LogP contribution in [-0.4, -0.2) is 34.2 Å². The van der Waals surface area contributed by atoms with Gasteiger partial charge in [0.25, 0.3) is 0 Å². The zero-order valence-corrected chi connectivity index (χ0v) is 12.3. The van der Waals surface area contributed by atoms with Gasteiger partial charge in [0.2, 0.25) is 0 Å². The van der Waals surface area contributed by atoms with Crippen LogP contribution in [0.3, 0.4) is 0 Å². The van der Waals surface area contributed by atoms with Gasteiger partial charge in [-0.15, -0.1) is 0 Å². The predicted molar refractivity (Wildman–Crippen MR) is 82.0 cm³/mol. The molecule has 2 rings (SSSR count). The van der Waals surface area contributed by atoms with Gasteiger partial charge in [-0.25, -0.2) is 4.39 Å². The minimum Gasteiger partial charge on any atom is -0.395 e. The molecule has 110 valence electrons. The number of aliphatic hydroxyl groups excluding tert-OH is 1. The molecular weight excluding hydrogens is 275 g/mol. The topological polar surface area (TPSA) is 49.5 Å². The van der Waals surface area contributed by atoms with Crippen LogP contribution in [0, 0.1) is 5.82 Å². The van der Waals surface area contributed by atoms with E-state index in [2.05, 4.69) is 4.90 Å². The zero-order chi connectivity index (χ0) is 14.5. The van der Waals surface area contributed by atoms with Gasteiger partial charge in [0.15, 0.2) is 0 Å². The van der Waals surface area contributed by atoms with E-state index in [0.717, 1.165) is 5.56 Å². The summed E-state index contributed by atoms with van der Waals surface area (Å²) in [5.74, 6) is -0.379. The molecule has 1 aromatic carbocycles. The lowest BCUT2D eigenvalue weighted by Gasteiger charge is -2.28. The fourth-order valence-electron chi connectivity index (χ4n) is 2.88. The van der Waals surface area contributed by atoms with Crippen molar-refractivity contribution in [2.75, 3.05) is 13.2 Å². The molecule has 0 spiro atoms. The quantitative estimate of drug-likeness (QED) is 0.790. The summed E-state index contributed by atoms with van der Waals surface area (Å²) in [5.41, 5.74) is 6.81. The van der Waals surface area contributed by atoms with Crippen LogP contribution >= 0.6 is 12.2 Å². The second kappa shape index (κ2) is 7.11. The molecule has 5 heteroatoms. The van der Waals surface area contributed by atoms with Gasteiger partial charge in [-0.3, -0.25) is 4.90 Å². The third-order valence-electron chi connectivity index (χ3n) is 3.91. The Labute approximate surface area is 124 Å². The summed E-state index contributed by atoms with van der Waals surface area (Å²) in [6, 6.07) is 5.41. The molecule has 0 saturated heterocycles. The van der Waals surface area contributed by atoms with Crippen molar-refractivity contribution < 1.29 is 9.50 Å². The molecule has 0 aromatic heterocycles. The van der Waals surface area contributed by atoms with E-state index in [1.807, 2.05) is 0 Å². The van der Waals surface area contributed by atoms with Gasteiger partial charge in [0, 0.05) is 24.7 Å². The maximum absolute atomic E-state index is 13.6. The molecule has 0 amide bonds. The average molecular weight is 296 g/mol. The number of hydrogen-bond acceptors (Lipinski definition) is 3. The molecule has 0 atom stereocenters. The molecule has 0 unspecified atom stereocenters. The SMILES string of the molecule is NC(=S)c1cc(CN(CCO)C2CCCC2)ccc1F. The van der Waals surface area contributed by atoms with Crippen molar-refractivity contribution in [3.63, 3.8) is 0 Å². The Bertz CT molecular complexity index is 475. The Hall–Kier alpha value is -1.04. The second-order valence-electron chi connectivity index (χ2n) is 5.31. The van der Waals surface area contributed by atoms with E-state index >= 15 is 0 Å². The molecule has 3 nitrogen and oxygen atoms in total. The number of benzene rings is 1. The fraction of sp³-hybridized carbons (Fsp3) is 0.533. The van der Waals surface area contributed by atoms with Crippen molar-refractivity contribution in [2.24, 2.45) is 5.73 Å². The van der Waals surface area contributed by atoms with Crippen molar-refractivity contribution >= 4 is 17.2 Å². The first-order valence-electron chi connectivity index (χ1n) is 7.05. The number of nitrogens with zero attached hydrogens (tertiary/aromatic N) is 1. The summed E-state index contributed by atoms with van der Waals surface area (Å²) in [6.07, 6.45) is 4.83. The summed E-state index contributed by atoms with van der Waals surface area (Å²) in [6.45, 7) is 1.48. The standard InChI is InChI=1S/C15H21FN2OS/c16-14-6-5-11(9-13(14)15(17)20)10-18(7-8-19)12-3-1-2-4-12/h5-6,9,12,19H,1-4,7-8,10H2,(H2,17,20). The van der Waals surface area contributed by atoms with Gasteiger partial charge in [0.05, 0.1) is 6.61 Å². The lowest BCUT2D eigenvalue weighted by Crippen LogP contribution is -2.35. The lowest BCUT2D eigenvalue weighted by atomic mass is 10.1.